The standard InChI is InChI=1S/C13H12N4O/c1-17-12(14)8-11(16-17)9-4-2-3-5-10(9)13-15-6-7-18-13/h2-8H,14H2,1H3. The Hall–Kier alpha value is -2.56. The number of oxazole rings is 1. The molecule has 0 radical (unpaired) electrons. The van der Waals surface area contributed by atoms with Crippen LogP contribution < -0.4 is 5.73 Å². The van der Waals surface area contributed by atoms with Gasteiger partial charge in [-0.2, -0.15) is 5.10 Å². The van der Waals surface area contributed by atoms with Crippen molar-refractivity contribution < 1.29 is 4.42 Å². The molecule has 90 valence electrons. The molecule has 0 saturated heterocycles. The summed E-state index contributed by atoms with van der Waals surface area (Å²) in [5, 5.41) is 4.37. The fourth-order valence-corrected chi connectivity index (χ4v) is 1.86. The lowest BCUT2D eigenvalue weighted by Crippen LogP contribution is -1.96. The highest BCUT2D eigenvalue weighted by atomic mass is 16.3. The van der Waals surface area contributed by atoms with Gasteiger partial charge >= 0.3 is 0 Å². The number of rotatable bonds is 2. The SMILES string of the molecule is Cn1nc(-c2ccccc2-c2ncco2)cc1N. The van der Waals surface area contributed by atoms with E-state index in [1.165, 1.54) is 0 Å². The van der Waals surface area contributed by atoms with E-state index in [1.807, 2.05) is 37.4 Å². The van der Waals surface area contributed by atoms with E-state index in [2.05, 4.69) is 10.1 Å². The second kappa shape index (κ2) is 4.03. The van der Waals surface area contributed by atoms with Gasteiger partial charge in [-0.15, -0.1) is 0 Å². The molecule has 0 aliphatic rings. The van der Waals surface area contributed by atoms with Gasteiger partial charge in [0.1, 0.15) is 12.1 Å². The van der Waals surface area contributed by atoms with Gasteiger partial charge in [-0.3, -0.25) is 4.68 Å². The molecule has 0 amide bonds. The first-order valence-electron chi connectivity index (χ1n) is 5.54. The number of nitrogens with zero attached hydrogens (tertiary/aromatic N) is 3. The summed E-state index contributed by atoms with van der Waals surface area (Å²) >= 11 is 0. The maximum atomic E-state index is 5.81. The highest BCUT2D eigenvalue weighted by Gasteiger charge is 2.13. The first-order valence-corrected chi connectivity index (χ1v) is 5.54. The van der Waals surface area contributed by atoms with Crippen molar-refractivity contribution in [1.82, 2.24) is 14.8 Å². The van der Waals surface area contributed by atoms with Gasteiger partial charge in [-0.1, -0.05) is 18.2 Å². The van der Waals surface area contributed by atoms with Crippen molar-refractivity contribution in [3.05, 3.63) is 42.8 Å². The minimum absolute atomic E-state index is 0.579. The Morgan fingerprint density at radius 3 is 2.61 bits per heavy atom. The van der Waals surface area contributed by atoms with E-state index in [-0.39, 0.29) is 0 Å². The number of anilines is 1. The fraction of sp³-hybridized carbons (Fsp3) is 0.0769. The molecule has 2 heterocycles. The summed E-state index contributed by atoms with van der Waals surface area (Å²) < 4.78 is 6.98. The number of hydrogen-bond acceptors (Lipinski definition) is 4. The Labute approximate surface area is 104 Å². The second-order valence-corrected chi connectivity index (χ2v) is 3.96. The Balaban J connectivity index is 2.18. The van der Waals surface area contributed by atoms with Crippen LogP contribution in [-0.4, -0.2) is 14.8 Å². The first kappa shape index (κ1) is 10.6. The van der Waals surface area contributed by atoms with Gasteiger partial charge in [-0.05, 0) is 6.07 Å². The first-order chi connectivity index (χ1) is 8.75. The normalized spacial score (nSPS) is 10.7. The molecule has 0 aliphatic carbocycles. The molecule has 5 heteroatoms. The molecule has 0 saturated carbocycles. The summed E-state index contributed by atoms with van der Waals surface area (Å²) in [7, 11) is 1.81. The van der Waals surface area contributed by atoms with Crippen molar-refractivity contribution >= 4 is 5.82 Å². The molecule has 18 heavy (non-hydrogen) atoms. The maximum Gasteiger partial charge on any atom is 0.226 e. The largest absolute Gasteiger partial charge is 0.445 e. The highest BCUT2D eigenvalue weighted by Crippen LogP contribution is 2.30. The van der Waals surface area contributed by atoms with E-state index < -0.39 is 0 Å². The van der Waals surface area contributed by atoms with Crippen LogP contribution in [0.15, 0.2) is 47.2 Å². The summed E-state index contributed by atoms with van der Waals surface area (Å²) in [5.74, 6) is 1.20. The number of hydrogen-bond donors (Lipinski definition) is 1. The minimum atomic E-state index is 0.579. The molecule has 3 rings (SSSR count). The number of aryl methyl sites for hydroxylation is 1. The molecule has 0 atom stereocenters. The zero-order chi connectivity index (χ0) is 12.5. The van der Waals surface area contributed by atoms with Gasteiger partial charge in [0, 0.05) is 24.2 Å². The summed E-state index contributed by atoms with van der Waals surface area (Å²) in [6.07, 6.45) is 3.18. The smallest absolute Gasteiger partial charge is 0.226 e. The van der Waals surface area contributed by atoms with Crippen LogP contribution in [0.5, 0.6) is 0 Å². The third kappa shape index (κ3) is 1.66. The predicted octanol–water partition coefficient (Wildman–Crippen LogP) is 2.32. The number of nitrogen functional groups attached to an aromatic ring is 1. The average molecular weight is 240 g/mol. The number of nitrogens with two attached hydrogens (primary N) is 1. The molecular formula is C13H12N4O. The van der Waals surface area contributed by atoms with Crippen molar-refractivity contribution in [2.24, 2.45) is 7.05 Å². The molecule has 0 spiro atoms. The van der Waals surface area contributed by atoms with Crippen LogP contribution in [0.25, 0.3) is 22.7 Å². The van der Waals surface area contributed by atoms with Crippen LogP contribution in [0.2, 0.25) is 0 Å². The Morgan fingerprint density at radius 2 is 2.00 bits per heavy atom. The Kier molecular flexibility index (Phi) is 2.37. The van der Waals surface area contributed by atoms with Gasteiger partial charge in [0.25, 0.3) is 0 Å². The molecule has 1 aromatic carbocycles. The lowest BCUT2D eigenvalue weighted by Gasteiger charge is -2.02. The van der Waals surface area contributed by atoms with Crippen molar-refractivity contribution in [2.75, 3.05) is 5.73 Å². The number of benzene rings is 1. The molecule has 0 unspecified atom stereocenters. The van der Waals surface area contributed by atoms with E-state index in [1.54, 1.807) is 17.1 Å². The second-order valence-electron chi connectivity index (χ2n) is 3.96. The van der Waals surface area contributed by atoms with Crippen LogP contribution in [-0.2, 0) is 7.05 Å². The minimum Gasteiger partial charge on any atom is -0.445 e. The molecule has 2 aromatic heterocycles. The Bertz CT molecular complexity index is 651. The highest BCUT2D eigenvalue weighted by molar-refractivity contribution is 5.78. The van der Waals surface area contributed by atoms with Gasteiger partial charge < -0.3 is 10.2 Å². The summed E-state index contributed by atoms with van der Waals surface area (Å²) in [5.41, 5.74) is 8.47. The van der Waals surface area contributed by atoms with Crippen LogP contribution in [0.4, 0.5) is 5.82 Å². The monoisotopic (exact) mass is 240 g/mol. The van der Waals surface area contributed by atoms with E-state index in [0.29, 0.717) is 11.7 Å². The third-order valence-electron chi connectivity index (χ3n) is 2.78. The fourth-order valence-electron chi connectivity index (χ4n) is 1.86. The lowest BCUT2D eigenvalue weighted by molar-refractivity contribution is 0.574. The quantitative estimate of drug-likeness (QED) is 0.746. The van der Waals surface area contributed by atoms with Crippen molar-refractivity contribution in [3.63, 3.8) is 0 Å². The van der Waals surface area contributed by atoms with E-state index in [0.717, 1.165) is 16.8 Å². The van der Waals surface area contributed by atoms with Crippen LogP contribution >= 0.6 is 0 Å². The van der Waals surface area contributed by atoms with Crippen LogP contribution in [0, 0.1) is 0 Å². The Morgan fingerprint density at radius 1 is 1.22 bits per heavy atom. The lowest BCUT2D eigenvalue weighted by atomic mass is 10.0. The van der Waals surface area contributed by atoms with Crippen LogP contribution in [0.1, 0.15) is 0 Å². The topological polar surface area (TPSA) is 69.9 Å². The molecule has 2 N–H and O–H groups in total. The molecule has 5 nitrogen and oxygen atoms in total. The predicted molar refractivity (Wildman–Crippen MR) is 68.6 cm³/mol. The van der Waals surface area contributed by atoms with Gasteiger partial charge in [0.2, 0.25) is 5.89 Å². The average Bonchev–Trinajstić information content (AvgIpc) is 3.01. The van der Waals surface area contributed by atoms with E-state index in [4.69, 9.17) is 10.2 Å². The molecular weight excluding hydrogens is 228 g/mol. The third-order valence-corrected chi connectivity index (χ3v) is 2.78. The summed E-state index contributed by atoms with van der Waals surface area (Å²) in [6.45, 7) is 0. The number of aromatic nitrogens is 3. The van der Waals surface area contributed by atoms with Gasteiger partial charge in [-0.25, -0.2) is 4.98 Å². The van der Waals surface area contributed by atoms with Gasteiger partial charge in [0.15, 0.2) is 0 Å². The van der Waals surface area contributed by atoms with Crippen molar-refractivity contribution in [1.29, 1.82) is 0 Å². The molecule has 3 aromatic rings. The van der Waals surface area contributed by atoms with E-state index >= 15 is 0 Å². The molecule has 0 aliphatic heterocycles. The summed E-state index contributed by atoms with van der Waals surface area (Å²) in [6, 6.07) is 9.65. The molecule has 0 bridgehead atoms. The van der Waals surface area contributed by atoms with E-state index in [9.17, 15) is 0 Å². The van der Waals surface area contributed by atoms with Gasteiger partial charge in [0.05, 0.1) is 11.9 Å². The zero-order valence-corrected chi connectivity index (χ0v) is 9.87. The maximum absolute atomic E-state index is 5.81. The van der Waals surface area contributed by atoms with Crippen molar-refractivity contribution in [2.45, 2.75) is 0 Å². The zero-order valence-electron chi connectivity index (χ0n) is 9.87. The summed E-state index contributed by atoms with van der Waals surface area (Å²) in [4.78, 5) is 4.17. The van der Waals surface area contributed by atoms with Crippen molar-refractivity contribution in [3.8, 4) is 22.7 Å². The molecule has 0 fully saturated rings. The van der Waals surface area contributed by atoms with Crippen LogP contribution in [0.3, 0.4) is 0 Å².